The first-order valence-corrected chi connectivity index (χ1v) is 4.48. The Hall–Kier alpha value is -0.360. The van der Waals surface area contributed by atoms with Gasteiger partial charge in [0.25, 0.3) is 0 Å². The predicted molar refractivity (Wildman–Crippen MR) is 37.9 cm³/mol. The highest BCUT2D eigenvalue weighted by atomic mass is 31.2. The molecular weight excluding hydrogens is 212 g/mol. The van der Waals surface area contributed by atoms with Gasteiger partial charge in [0.15, 0.2) is 0 Å². The summed E-state index contributed by atoms with van der Waals surface area (Å²) < 4.78 is 57.0. The van der Waals surface area contributed by atoms with E-state index in [-0.39, 0.29) is 6.61 Å². The van der Waals surface area contributed by atoms with Gasteiger partial charge in [-0.05, 0) is 0 Å². The zero-order valence-electron chi connectivity index (χ0n) is 6.71. The first-order valence-electron chi connectivity index (χ1n) is 3.01. The maximum Gasteiger partial charge on any atom is 0.531 e. The highest BCUT2D eigenvalue weighted by Crippen LogP contribution is 2.52. The molecule has 0 N–H and O–H groups in total. The third kappa shape index (κ3) is 5.81. The van der Waals surface area contributed by atoms with Gasteiger partial charge in [-0.15, -0.1) is 19.8 Å². The smallest absolute Gasteiger partial charge is 0.290 e. The van der Waals surface area contributed by atoms with E-state index in [1.807, 2.05) is 0 Å². The lowest BCUT2D eigenvalue weighted by atomic mass is 10.7. The molecule has 0 heterocycles. The minimum Gasteiger partial charge on any atom is -0.290 e. The van der Waals surface area contributed by atoms with Crippen LogP contribution < -0.4 is 0 Å². The number of phosphoric ester groups is 1. The van der Waals surface area contributed by atoms with E-state index in [9.17, 15) is 17.7 Å². The van der Waals surface area contributed by atoms with Crippen molar-refractivity contribution in [3.05, 3.63) is 12.7 Å². The number of phosphoric acid groups is 1. The Balaban J connectivity index is 4.28. The Bertz CT molecular complexity index is 214. The van der Waals surface area contributed by atoms with E-state index in [0.29, 0.717) is 0 Å². The number of halogens is 3. The highest BCUT2D eigenvalue weighted by Gasteiger charge is 2.42. The molecule has 13 heavy (non-hydrogen) atoms. The molecule has 0 rings (SSSR count). The van der Waals surface area contributed by atoms with Crippen molar-refractivity contribution in [1.82, 2.24) is 0 Å². The van der Waals surface area contributed by atoms with Crippen LogP contribution >= 0.6 is 7.82 Å². The van der Waals surface area contributed by atoms with E-state index in [4.69, 9.17) is 0 Å². The Kier molecular flexibility index (Phi) is 4.63. The Morgan fingerprint density at radius 2 is 2.08 bits per heavy atom. The topological polar surface area (TPSA) is 44.8 Å². The van der Waals surface area contributed by atoms with Crippen molar-refractivity contribution in [3.63, 3.8) is 0 Å². The largest absolute Gasteiger partial charge is 0.531 e. The standard InChI is InChI=1S/C5H8F3O4P/c1-3-4-11-13(9,10-2)12-5(6,7)8/h3H,1,4H2,2H3. The number of rotatable bonds is 5. The molecule has 0 saturated heterocycles. The molecule has 0 aromatic heterocycles. The van der Waals surface area contributed by atoms with Crippen molar-refractivity contribution < 1.29 is 31.3 Å². The van der Waals surface area contributed by atoms with Crippen molar-refractivity contribution in [3.8, 4) is 0 Å². The Morgan fingerprint density at radius 3 is 2.38 bits per heavy atom. The molecule has 0 aliphatic heterocycles. The van der Waals surface area contributed by atoms with Crippen molar-refractivity contribution in [1.29, 1.82) is 0 Å². The lowest BCUT2D eigenvalue weighted by molar-refractivity contribution is -0.283. The first-order chi connectivity index (χ1) is 5.83. The predicted octanol–water partition coefficient (Wildman–Crippen LogP) is 2.48. The summed E-state index contributed by atoms with van der Waals surface area (Å²) in [7, 11) is -3.75. The summed E-state index contributed by atoms with van der Waals surface area (Å²) >= 11 is 0. The summed E-state index contributed by atoms with van der Waals surface area (Å²) in [6.45, 7) is 2.80. The summed E-state index contributed by atoms with van der Waals surface area (Å²) in [5, 5.41) is 0. The van der Waals surface area contributed by atoms with Crippen LogP contribution in [0.15, 0.2) is 12.7 Å². The summed E-state index contributed by atoms with van der Waals surface area (Å²) in [5.41, 5.74) is 0. The second kappa shape index (κ2) is 4.76. The number of hydrogen-bond acceptors (Lipinski definition) is 4. The van der Waals surface area contributed by atoms with Crippen LogP contribution in [0.25, 0.3) is 0 Å². The average Bonchev–Trinajstić information content (AvgIpc) is 1.98. The van der Waals surface area contributed by atoms with Gasteiger partial charge in [0.05, 0.1) is 6.61 Å². The Labute approximate surface area is 72.9 Å². The van der Waals surface area contributed by atoms with Crippen LogP contribution in [0.2, 0.25) is 0 Å². The van der Waals surface area contributed by atoms with E-state index in [1.165, 1.54) is 0 Å². The maximum atomic E-state index is 11.6. The lowest BCUT2D eigenvalue weighted by Gasteiger charge is -2.15. The third-order valence-electron chi connectivity index (χ3n) is 0.789. The molecule has 0 aromatic rings. The zero-order valence-corrected chi connectivity index (χ0v) is 7.60. The van der Waals surface area contributed by atoms with E-state index in [0.717, 1.165) is 13.2 Å². The molecule has 0 radical (unpaired) electrons. The second-order valence-electron chi connectivity index (χ2n) is 1.75. The van der Waals surface area contributed by atoms with Crippen molar-refractivity contribution >= 4 is 7.82 Å². The first kappa shape index (κ1) is 12.6. The van der Waals surface area contributed by atoms with E-state index in [2.05, 4.69) is 20.2 Å². The molecule has 0 aromatic carbocycles. The molecule has 0 bridgehead atoms. The monoisotopic (exact) mass is 220 g/mol. The van der Waals surface area contributed by atoms with Crippen LogP contribution in [0, 0.1) is 0 Å². The van der Waals surface area contributed by atoms with Crippen molar-refractivity contribution in [2.45, 2.75) is 6.36 Å². The van der Waals surface area contributed by atoms with Gasteiger partial charge in [-0.2, -0.15) is 4.52 Å². The van der Waals surface area contributed by atoms with Gasteiger partial charge in [0.1, 0.15) is 0 Å². The molecule has 1 unspecified atom stereocenters. The van der Waals surface area contributed by atoms with Gasteiger partial charge in [-0.3, -0.25) is 9.05 Å². The summed E-state index contributed by atoms with van der Waals surface area (Å²) in [6.07, 6.45) is -3.95. The van der Waals surface area contributed by atoms with Crippen molar-refractivity contribution in [2.75, 3.05) is 13.7 Å². The van der Waals surface area contributed by atoms with Crippen LogP contribution in [0.3, 0.4) is 0 Å². The molecule has 0 saturated carbocycles. The van der Waals surface area contributed by atoms with Crippen LogP contribution in [-0.4, -0.2) is 20.1 Å². The fourth-order valence-corrected chi connectivity index (χ4v) is 1.16. The van der Waals surface area contributed by atoms with Crippen LogP contribution in [-0.2, 0) is 18.1 Å². The summed E-state index contributed by atoms with van der Waals surface area (Å²) in [4.78, 5) is 0. The fraction of sp³-hybridized carbons (Fsp3) is 0.600. The molecule has 78 valence electrons. The number of alkyl halides is 3. The van der Waals surface area contributed by atoms with Crippen LogP contribution in [0.1, 0.15) is 0 Å². The molecular formula is C5H8F3O4P. The fourth-order valence-electron chi connectivity index (χ4n) is 0.387. The van der Waals surface area contributed by atoms with Gasteiger partial charge < -0.3 is 0 Å². The molecule has 0 fully saturated rings. The van der Waals surface area contributed by atoms with Gasteiger partial charge >= 0.3 is 14.2 Å². The minimum atomic E-state index is -5.06. The van der Waals surface area contributed by atoms with Gasteiger partial charge in [-0.25, -0.2) is 4.57 Å². The zero-order chi connectivity index (χ0) is 10.5. The van der Waals surface area contributed by atoms with Gasteiger partial charge in [0, 0.05) is 7.11 Å². The lowest BCUT2D eigenvalue weighted by Crippen LogP contribution is -2.13. The third-order valence-corrected chi connectivity index (χ3v) is 2.13. The summed E-state index contributed by atoms with van der Waals surface area (Å²) in [5.74, 6) is 0. The van der Waals surface area contributed by atoms with E-state index >= 15 is 0 Å². The average molecular weight is 220 g/mol. The van der Waals surface area contributed by atoms with E-state index < -0.39 is 14.2 Å². The normalized spacial score (nSPS) is 16.6. The quantitative estimate of drug-likeness (QED) is 0.527. The van der Waals surface area contributed by atoms with Crippen LogP contribution in [0.5, 0.6) is 0 Å². The van der Waals surface area contributed by atoms with E-state index in [1.54, 1.807) is 0 Å². The highest BCUT2D eigenvalue weighted by molar-refractivity contribution is 7.48. The molecule has 1 atom stereocenters. The minimum absolute atomic E-state index is 0.360. The molecule has 8 heteroatoms. The molecule has 0 aliphatic rings. The van der Waals surface area contributed by atoms with Gasteiger partial charge in [0.2, 0.25) is 0 Å². The molecule has 0 amide bonds. The van der Waals surface area contributed by atoms with Gasteiger partial charge in [-0.1, -0.05) is 6.08 Å². The molecule has 0 spiro atoms. The SMILES string of the molecule is C=CCOP(=O)(OC)OC(F)(F)F. The maximum absolute atomic E-state index is 11.6. The Morgan fingerprint density at radius 1 is 1.54 bits per heavy atom. The summed E-state index contributed by atoms with van der Waals surface area (Å²) in [6, 6.07) is 0. The molecule has 0 aliphatic carbocycles. The number of hydrogen-bond donors (Lipinski definition) is 0. The van der Waals surface area contributed by atoms with Crippen molar-refractivity contribution in [2.24, 2.45) is 0 Å². The van der Waals surface area contributed by atoms with Crippen LogP contribution in [0.4, 0.5) is 13.2 Å². The second-order valence-corrected chi connectivity index (χ2v) is 3.45. The molecule has 4 nitrogen and oxygen atoms in total.